The van der Waals surface area contributed by atoms with Gasteiger partial charge in [-0.2, -0.15) is 0 Å². The van der Waals surface area contributed by atoms with Crippen LogP contribution in [0.15, 0.2) is 48.5 Å². The van der Waals surface area contributed by atoms with E-state index in [2.05, 4.69) is 12.1 Å². The first-order valence-electron chi connectivity index (χ1n) is 19.3. The lowest BCUT2D eigenvalue weighted by Gasteiger charge is -2.30. The Bertz CT molecular complexity index is 3130. The maximum atomic E-state index is 14.0. The van der Waals surface area contributed by atoms with Gasteiger partial charge in [0.15, 0.2) is 0 Å². The largest absolute Gasteiger partial charge is 0.277 e. The highest BCUT2D eigenvalue weighted by Gasteiger charge is 2.42. The molecule has 0 unspecified atom stereocenters. The lowest BCUT2D eigenvalue weighted by atomic mass is 9.83. The second kappa shape index (κ2) is 11.4. The Kier molecular flexibility index (Phi) is 6.68. The molecule has 6 heterocycles. The minimum Gasteiger partial charge on any atom is -0.277 e. The summed E-state index contributed by atoms with van der Waals surface area (Å²) in [6.45, 7) is 0. The summed E-state index contributed by atoms with van der Waals surface area (Å²) < 4.78 is 0. The highest BCUT2D eigenvalue weighted by atomic mass is 32.1. The maximum Gasteiger partial charge on any atom is 0.261 e. The van der Waals surface area contributed by atoms with Gasteiger partial charge >= 0.3 is 0 Å². The van der Waals surface area contributed by atoms with Gasteiger partial charge in [0.25, 0.3) is 47.3 Å². The van der Waals surface area contributed by atoms with Crippen LogP contribution in [0.2, 0.25) is 0 Å². The van der Waals surface area contributed by atoms with Gasteiger partial charge in [-0.15, -0.1) is 22.7 Å². The van der Waals surface area contributed by atoms with Gasteiger partial charge in [-0.25, -0.2) is 0 Å². The summed E-state index contributed by atoms with van der Waals surface area (Å²) in [5.74, 6) is -3.96. The van der Waals surface area contributed by atoms with Crippen molar-refractivity contribution in [2.45, 2.75) is 25.7 Å². The molecule has 12 nitrogen and oxygen atoms in total. The number of amides is 8. The van der Waals surface area contributed by atoms with Gasteiger partial charge < -0.3 is 0 Å². The van der Waals surface area contributed by atoms with Crippen molar-refractivity contribution in [1.29, 1.82) is 0 Å². The number of aryl methyl sites for hydroxylation is 2. The van der Waals surface area contributed by atoms with Crippen LogP contribution in [-0.2, 0) is 12.8 Å². The summed E-state index contributed by atoms with van der Waals surface area (Å²) in [7, 11) is 5.73. The Labute approximate surface area is 347 Å². The number of imide groups is 4. The van der Waals surface area contributed by atoms with Crippen LogP contribution in [0.5, 0.6) is 0 Å². The zero-order valence-corrected chi connectivity index (χ0v) is 34.0. The van der Waals surface area contributed by atoms with E-state index in [9.17, 15) is 38.4 Å². The maximum absolute atomic E-state index is 14.0. The number of nitrogens with zero attached hydrogens (tertiary/aromatic N) is 4. The third kappa shape index (κ3) is 4.09. The molecule has 6 aliphatic rings. The predicted molar refractivity (Wildman–Crippen MR) is 224 cm³/mol. The van der Waals surface area contributed by atoms with Crippen molar-refractivity contribution in [3.63, 3.8) is 0 Å². The molecule has 60 heavy (non-hydrogen) atoms. The van der Waals surface area contributed by atoms with Crippen molar-refractivity contribution >= 4 is 103 Å². The normalized spacial score (nSPS) is 19.0. The molecule has 4 aliphatic heterocycles. The Hall–Kier alpha value is -6.90. The molecule has 8 amide bonds. The molecule has 6 aromatic rings. The quantitative estimate of drug-likeness (QED) is 0.167. The topological polar surface area (TPSA) is 150 Å². The molecule has 12 rings (SSSR count). The van der Waals surface area contributed by atoms with E-state index < -0.39 is 47.3 Å². The van der Waals surface area contributed by atoms with Gasteiger partial charge in [0.2, 0.25) is 0 Å². The smallest absolute Gasteiger partial charge is 0.261 e. The van der Waals surface area contributed by atoms with Crippen LogP contribution in [0, 0.1) is 0 Å². The van der Waals surface area contributed by atoms with Crippen LogP contribution in [0.25, 0.3) is 53.6 Å². The zero-order chi connectivity index (χ0) is 41.5. The lowest BCUT2D eigenvalue weighted by molar-refractivity contribution is 0.0630. The van der Waals surface area contributed by atoms with Crippen LogP contribution in [0.3, 0.4) is 0 Å². The zero-order valence-electron chi connectivity index (χ0n) is 32.3. The van der Waals surface area contributed by atoms with E-state index in [1.807, 2.05) is 0 Å². The first-order chi connectivity index (χ1) is 28.8. The summed E-state index contributed by atoms with van der Waals surface area (Å²) in [4.78, 5) is 117. The Morgan fingerprint density at radius 2 is 0.683 bits per heavy atom. The Balaban J connectivity index is 1.02. The summed E-state index contributed by atoms with van der Waals surface area (Å²) in [5, 5.41) is 1.33. The van der Waals surface area contributed by atoms with Crippen molar-refractivity contribution < 1.29 is 38.4 Å². The van der Waals surface area contributed by atoms with Gasteiger partial charge in [0.05, 0.1) is 11.1 Å². The SMILES string of the molecule is CN1C(=O)c2ccc3c4c(c(-c5cc6c(s5)/C(=C5\CCc7cc(-c8cc9c%10c(ccc%11c%10c8C(=O)N(C)C%11=O)C(=O)N(C)C9=O)sc75)CC6)cc(c24)C1=O)C(=O)N(C)C3=O. The summed E-state index contributed by atoms with van der Waals surface area (Å²) in [6, 6.07) is 13.8. The lowest BCUT2D eigenvalue weighted by Crippen LogP contribution is -2.40. The molecule has 0 N–H and O–H groups in total. The fourth-order valence-electron chi connectivity index (χ4n) is 10.1. The molecule has 0 bridgehead atoms. The van der Waals surface area contributed by atoms with Crippen LogP contribution >= 0.6 is 22.7 Å². The van der Waals surface area contributed by atoms with Crippen molar-refractivity contribution in [3.8, 4) is 20.9 Å². The van der Waals surface area contributed by atoms with Crippen LogP contribution in [-0.4, -0.2) is 95.0 Å². The van der Waals surface area contributed by atoms with Gasteiger partial charge in [-0.05, 0) is 96.5 Å². The molecule has 0 atom stereocenters. The minimum absolute atomic E-state index is 0.268. The molecule has 4 aromatic carbocycles. The van der Waals surface area contributed by atoms with E-state index in [0.29, 0.717) is 43.8 Å². The van der Waals surface area contributed by atoms with Crippen LogP contribution in [0.1, 0.15) is 117 Å². The summed E-state index contributed by atoms with van der Waals surface area (Å²) in [6.07, 6.45) is 3.12. The van der Waals surface area contributed by atoms with Crippen molar-refractivity contribution in [3.05, 3.63) is 114 Å². The van der Waals surface area contributed by atoms with Crippen LogP contribution < -0.4 is 0 Å². The monoisotopic (exact) mass is 828 g/mol. The predicted octanol–water partition coefficient (Wildman–Crippen LogP) is 7.16. The van der Waals surface area contributed by atoms with Crippen LogP contribution in [0.4, 0.5) is 0 Å². The highest BCUT2D eigenvalue weighted by molar-refractivity contribution is 7.18. The molecule has 292 valence electrons. The molecule has 0 fully saturated rings. The van der Waals surface area contributed by atoms with E-state index in [0.717, 1.165) is 75.9 Å². The molecule has 0 spiro atoms. The number of carbonyl (C=O) groups excluding carboxylic acids is 8. The molecular weight excluding hydrogens is 801 g/mol. The Morgan fingerprint density at radius 3 is 1.05 bits per heavy atom. The average molecular weight is 829 g/mol. The number of hydrogen-bond donors (Lipinski definition) is 0. The number of carbonyl (C=O) groups is 8. The number of allylic oxidation sites excluding steroid dienone is 2. The Morgan fingerprint density at radius 1 is 0.367 bits per heavy atom. The fraction of sp³-hybridized carbons (Fsp3) is 0.174. The standard InChI is InChI=1S/C46H28N4O8S2/c1-47-39(51)21-9-11-23-33-31(21)27(43(47)55)15-25(35(33)45(57)49(3)41(23)53)29-13-17-5-7-19(37(17)59-29)20-8-6-18-14-30(60-38(18)20)26-16-28-32-22(40(52)48(2)44(28)56)10-12-24-34(32)36(26)46(58)50(4)42(24)54/h9-16H,5-8H2,1-4H3/b20-19+. The molecule has 14 heteroatoms. The van der Waals surface area contributed by atoms with E-state index in [1.165, 1.54) is 39.3 Å². The number of rotatable bonds is 2. The number of fused-ring (bicyclic) bond motifs is 2. The van der Waals surface area contributed by atoms with E-state index in [-0.39, 0.29) is 33.4 Å². The first-order valence-corrected chi connectivity index (χ1v) is 21.0. The van der Waals surface area contributed by atoms with E-state index in [4.69, 9.17) is 0 Å². The molecule has 0 radical (unpaired) electrons. The third-order valence-corrected chi connectivity index (χ3v) is 15.7. The molecule has 0 saturated heterocycles. The van der Waals surface area contributed by atoms with Crippen molar-refractivity contribution in [1.82, 2.24) is 19.6 Å². The van der Waals surface area contributed by atoms with Gasteiger partial charge in [0, 0.05) is 114 Å². The highest BCUT2D eigenvalue weighted by Crippen LogP contribution is 2.54. The van der Waals surface area contributed by atoms with E-state index >= 15 is 0 Å². The van der Waals surface area contributed by atoms with E-state index in [1.54, 1.807) is 59.1 Å². The van der Waals surface area contributed by atoms with Gasteiger partial charge in [-0.3, -0.25) is 58.0 Å². The molecule has 2 aromatic heterocycles. The van der Waals surface area contributed by atoms with Crippen molar-refractivity contribution in [2.75, 3.05) is 28.2 Å². The fourth-order valence-corrected chi connectivity index (χ4v) is 12.8. The van der Waals surface area contributed by atoms with Crippen molar-refractivity contribution in [2.24, 2.45) is 0 Å². The average Bonchev–Trinajstić information content (AvgIpc) is 4.05. The molecule has 0 saturated carbocycles. The summed E-state index contributed by atoms with van der Waals surface area (Å²) in [5.41, 5.74) is 7.88. The number of hydrogen-bond acceptors (Lipinski definition) is 10. The minimum atomic E-state index is -0.499. The van der Waals surface area contributed by atoms with Gasteiger partial charge in [0.1, 0.15) is 0 Å². The number of thiophene rings is 2. The molecular formula is C46H28N4O8S2. The third-order valence-electron chi connectivity index (χ3n) is 13.2. The second-order valence-corrected chi connectivity index (χ2v) is 18.2. The summed E-state index contributed by atoms with van der Waals surface area (Å²) >= 11 is 3.08. The first kappa shape index (κ1) is 35.1. The van der Waals surface area contributed by atoms with Gasteiger partial charge in [-0.1, -0.05) is 0 Å². The molecule has 2 aliphatic carbocycles. The second-order valence-electron chi connectivity index (χ2n) is 16.1. The number of benzene rings is 4.